The summed E-state index contributed by atoms with van der Waals surface area (Å²) < 4.78 is 26.8. The van der Waals surface area contributed by atoms with Crippen molar-refractivity contribution in [3.63, 3.8) is 0 Å². The van der Waals surface area contributed by atoms with Gasteiger partial charge in [-0.25, -0.2) is 8.42 Å². The summed E-state index contributed by atoms with van der Waals surface area (Å²) in [7, 11) is -3.79. The summed E-state index contributed by atoms with van der Waals surface area (Å²) in [6, 6.07) is 17.1. The molecule has 124 valence electrons. The molecule has 5 nitrogen and oxygen atoms in total. The van der Waals surface area contributed by atoms with Gasteiger partial charge in [0.25, 0.3) is 10.0 Å². The predicted octanol–water partition coefficient (Wildman–Crippen LogP) is 2.97. The minimum absolute atomic E-state index is 0.322. The van der Waals surface area contributed by atoms with Gasteiger partial charge in [-0.1, -0.05) is 48.5 Å². The largest absolute Gasteiger partial charge is 0.481 e. The van der Waals surface area contributed by atoms with Gasteiger partial charge in [0.05, 0.1) is 23.1 Å². The number of nitrogens with zero attached hydrogens (tertiary/aromatic N) is 1. The third-order valence-electron chi connectivity index (χ3n) is 3.89. The first kappa shape index (κ1) is 16.3. The van der Waals surface area contributed by atoms with Crippen LogP contribution < -0.4 is 4.31 Å². The van der Waals surface area contributed by atoms with Crippen LogP contribution in [0.1, 0.15) is 12.0 Å². The lowest BCUT2D eigenvalue weighted by molar-refractivity contribution is -0.138. The van der Waals surface area contributed by atoms with Crippen LogP contribution in [0.3, 0.4) is 0 Å². The van der Waals surface area contributed by atoms with Crippen molar-refractivity contribution in [3.05, 3.63) is 71.6 Å². The highest BCUT2D eigenvalue weighted by Gasteiger charge is 2.50. The molecule has 1 N–H and O–H groups in total. The van der Waals surface area contributed by atoms with Gasteiger partial charge in [0.1, 0.15) is 0 Å². The number of rotatable bonds is 6. The molecule has 0 amide bonds. The van der Waals surface area contributed by atoms with E-state index in [0.717, 1.165) is 11.0 Å². The smallest absolute Gasteiger partial charge is 0.308 e. The molecule has 2 aromatic carbocycles. The number of anilines is 1. The van der Waals surface area contributed by atoms with Crippen LogP contribution in [0, 0.1) is 5.92 Å². The summed E-state index contributed by atoms with van der Waals surface area (Å²) >= 11 is 0. The van der Waals surface area contributed by atoms with Crippen LogP contribution in [0.5, 0.6) is 0 Å². The average Bonchev–Trinajstić information content (AvgIpc) is 3.35. The zero-order valence-electron chi connectivity index (χ0n) is 12.8. The Labute approximate surface area is 140 Å². The fourth-order valence-corrected chi connectivity index (χ4v) is 4.09. The molecule has 2 aromatic rings. The van der Waals surface area contributed by atoms with E-state index in [1.54, 1.807) is 42.5 Å². The van der Waals surface area contributed by atoms with Gasteiger partial charge in [-0.05, 0) is 30.2 Å². The predicted molar refractivity (Wildman–Crippen MR) is 92.8 cm³/mol. The molecule has 1 fully saturated rings. The minimum Gasteiger partial charge on any atom is -0.481 e. The molecule has 1 saturated carbocycles. The maximum Gasteiger partial charge on any atom is 0.308 e. The number of hydrogen-bond donors (Lipinski definition) is 1. The van der Waals surface area contributed by atoms with Crippen LogP contribution in [0.15, 0.2) is 66.1 Å². The summed E-state index contributed by atoms with van der Waals surface area (Å²) in [5.41, 5.74) is 1.24. The summed E-state index contributed by atoms with van der Waals surface area (Å²) in [5.74, 6) is -1.63. The second-order valence-electron chi connectivity index (χ2n) is 5.64. The summed E-state index contributed by atoms with van der Waals surface area (Å²) in [6.45, 7) is 0. The van der Waals surface area contributed by atoms with Crippen LogP contribution >= 0.6 is 0 Å². The number of sulfonamides is 1. The van der Waals surface area contributed by atoms with E-state index in [9.17, 15) is 13.2 Å². The van der Waals surface area contributed by atoms with Gasteiger partial charge in [-0.2, -0.15) is 0 Å². The van der Waals surface area contributed by atoms with Gasteiger partial charge in [-0.3, -0.25) is 9.10 Å². The Bertz CT molecular complexity index is 847. The zero-order valence-corrected chi connectivity index (χ0v) is 13.6. The van der Waals surface area contributed by atoms with E-state index in [-0.39, 0.29) is 0 Å². The number of para-hydroxylation sites is 1. The second kappa shape index (κ2) is 6.49. The first-order valence-electron chi connectivity index (χ1n) is 7.54. The van der Waals surface area contributed by atoms with Gasteiger partial charge < -0.3 is 5.11 Å². The quantitative estimate of drug-likeness (QED) is 0.875. The Morgan fingerprint density at radius 1 is 1.04 bits per heavy atom. The van der Waals surface area contributed by atoms with E-state index in [4.69, 9.17) is 5.11 Å². The van der Waals surface area contributed by atoms with Crippen LogP contribution in [-0.2, 0) is 14.8 Å². The topological polar surface area (TPSA) is 74.7 Å². The van der Waals surface area contributed by atoms with E-state index in [1.165, 1.54) is 10.4 Å². The highest BCUT2D eigenvalue weighted by Crippen LogP contribution is 2.40. The van der Waals surface area contributed by atoms with Crippen molar-refractivity contribution in [2.45, 2.75) is 12.5 Å². The van der Waals surface area contributed by atoms with Crippen LogP contribution in [0.25, 0.3) is 6.08 Å². The molecule has 0 radical (unpaired) electrons. The van der Waals surface area contributed by atoms with Gasteiger partial charge in [0.2, 0.25) is 0 Å². The molecular formula is C18H17NO4S. The monoisotopic (exact) mass is 343 g/mol. The Hall–Kier alpha value is -2.60. The van der Waals surface area contributed by atoms with Crippen molar-refractivity contribution < 1.29 is 18.3 Å². The van der Waals surface area contributed by atoms with Gasteiger partial charge in [0.15, 0.2) is 0 Å². The summed E-state index contributed by atoms with van der Waals surface area (Å²) in [5, 5.41) is 10.3. The summed E-state index contributed by atoms with van der Waals surface area (Å²) in [6.07, 6.45) is 1.84. The Morgan fingerprint density at radius 3 is 2.17 bits per heavy atom. The number of benzene rings is 2. The van der Waals surface area contributed by atoms with Gasteiger partial charge in [-0.15, -0.1) is 0 Å². The fraction of sp³-hybridized carbons (Fsp3) is 0.167. The van der Waals surface area contributed by atoms with Crippen molar-refractivity contribution in [3.8, 4) is 0 Å². The molecule has 0 saturated heterocycles. The normalized spacial score (nSPS) is 20.0. The van der Waals surface area contributed by atoms with Crippen molar-refractivity contribution in [1.82, 2.24) is 0 Å². The molecule has 0 spiro atoms. The molecule has 0 aromatic heterocycles. The molecular weight excluding hydrogens is 326 g/mol. The highest BCUT2D eigenvalue weighted by atomic mass is 32.2. The molecule has 6 heteroatoms. The summed E-state index contributed by atoms with van der Waals surface area (Å²) in [4.78, 5) is 11.2. The molecule has 1 aliphatic carbocycles. The van der Waals surface area contributed by atoms with Crippen molar-refractivity contribution >= 4 is 27.8 Å². The lowest BCUT2D eigenvalue weighted by Gasteiger charge is -2.22. The number of hydrogen-bond acceptors (Lipinski definition) is 3. The Balaban J connectivity index is 1.93. The molecule has 3 rings (SSSR count). The number of aliphatic carboxylic acids is 1. The van der Waals surface area contributed by atoms with Crippen LogP contribution in [0.4, 0.5) is 5.69 Å². The third-order valence-corrected chi connectivity index (χ3v) is 5.40. The van der Waals surface area contributed by atoms with Gasteiger partial charge in [0, 0.05) is 0 Å². The molecule has 24 heavy (non-hydrogen) atoms. The zero-order chi connectivity index (χ0) is 17.2. The first-order valence-corrected chi connectivity index (χ1v) is 9.05. The Kier molecular flexibility index (Phi) is 4.40. The minimum atomic E-state index is -3.79. The average molecular weight is 343 g/mol. The SMILES string of the molecule is O=C(O)[C@H]1C[C@H]1N(c1ccccc1)S(=O)(=O)C=Cc1ccccc1. The molecule has 0 heterocycles. The third kappa shape index (κ3) is 3.49. The second-order valence-corrected chi connectivity index (χ2v) is 7.33. The van der Waals surface area contributed by atoms with E-state index >= 15 is 0 Å². The molecule has 0 bridgehead atoms. The number of carboxylic acids is 1. The van der Waals surface area contributed by atoms with Crippen molar-refractivity contribution in [1.29, 1.82) is 0 Å². The number of carboxylic acid groups (broad SMARTS) is 1. The van der Waals surface area contributed by atoms with Crippen LogP contribution in [0.2, 0.25) is 0 Å². The van der Waals surface area contributed by atoms with E-state index in [1.807, 2.05) is 18.2 Å². The highest BCUT2D eigenvalue weighted by molar-refractivity contribution is 7.95. The van der Waals surface area contributed by atoms with Crippen molar-refractivity contribution in [2.24, 2.45) is 5.92 Å². The van der Waals surface area contributed by atoms with Crippen molar-refractivity contribution in [2.75, 3.05) is 4.31 Å². The number of carbonyl (C=O) groups is 1. The van der Waals surface area contributed by atoms with Gasteiger partial charge >= 0.3 is 5.97 Å². The lowest BCUT2D eigenvalue weighted by Crippen LogP contribution is -2.33. The van der Waals surface area contributed by atoms with E-state index in [2.05, 4.69) is 0 Å². The first-order chi connectivity index (χ1) is 11.5. The maximum atomic E-state index is 12.8. The molecule has 0 unspecified atom stereocenters. The van der Waals surface area contributed by atoms with Crippen LogP contribution in [-0.4, -0.2) is 25.5 Å². The standard InChI is InChI=1S/C18H17NO4S/c20-18(21)16-13-17(16)19(15-9-5-2-6-10-15)24(22,23)12-11-14-7-3-1-4-8-14/h1-12,16-17H,13H2,(H,20,21)/t16-,17+/m0/s1. The van der Waals surface area contributed by atoms with E-state index < -0.39 is 28.0 Å². The molecule has 1 aliphatic rings. The fourth-order valence-electron chi connectivity index (χ4n) is 2.60. The maximum absolute atomic E-state index is 12.8. The lowest BCUT2D eigenvalue weighted by atomic mass is 10.2. The van der Waals surface area contributed by atoms with E-state index in [0.29, 0.717) is 12.1 Å². The molecule has 2 atom stereocenters. The Morgan fingerprint density at radius 2 is 1.62 bits per heavy atom. The molecule has 0 aliphatic heterocycles.